The fraction of sp³-hybridized carbons (Fsp3) is 0.227. The van der Waals surface area contributed by atoms with Crippen LogP contribution >= 0.6 is 0 Å². The molecule has 0 bridgehead atoms. The number of rotatable bonds is 7. The van der Waals surface area contributed by atoms with Gasteiger partial charge in [0.25, 0.3) is 0 Å². The highest BCUT2D eigenvalue weighted by Gasteiger charge is 2.18. The first kappa shape index (κ1) is 18.9. The quantitative estimate of drug-likeness (QED) is 0.507. The van der Waals surface area contributed by atoms with Crippen LogP contribution in [0, 0.1) is 0 Å². The van der Waals surface area contributed by atoms with Gasteiger partial charge in [-0.3, -0.25) is 0 Å². The first-order valence-electron chi connectivity index (χ1n) is 9.64. The van der Waals surface area contributed by atoms with Crippen molar-refractivity contribution >= 4 is 22.8 Å². The van der Waals surface area contributed by atoms with E-state index in [-0.39, 0.29) is 0 Å². The third kappa shape index (κ3) is 4.20. The Balaban J connectivity index is 1.78. The van der Waals surface area contributed by atoms with E-state index in [4.69, 9.17) is 10.7 Å². The Morgan fingerprint density at radius 2 is 1.66 bits per heavy atom. The molecule has 4 aromatic rings. The summed E-state index contributed by atoms with van der Waals surface area (Å²) in [5, 5.41) is 8.77. The largest absolute Gasteiger partial charge is 0.383 e. The normalized spacial score (nSPS) is 11.3. The molecule has 0 spiro atoms. The van der Waals surface area contributed by atoms with Crippen molar-refractivity contribution in [2.45, 2.75) is 6.54 Å². The molecule has 0 aliphatic rings. The Morgan fingerprint density at radius 1 is 0.966 bits per heavy atom. The van der Waals surface area contributed by atoms with Gasteiger partial charge in [0, 0.05) is 18.7 Å². The van der Waals surface area contributed by atoms with Crippen LogP contribution in [0.15, 0.2) is 60.7 Å². The lowest BCUT2D eigenvalue weighted by atomic mass is 10.1. The first-order chi connectivity index (χ1) is 14.1. The molecule has 3 N–H and O–H groups in total. The molecular weight excluding hydrogens is 362 g/mol. The zero-order valence-corrected chi connectivity index (χ0v) is 16.7. The van der Waals surface area contributed by atoms with E-state index in [1.54, 1.807) is 4.68 Å². The summed E-state index contributed by atoms with van der Waals surface area (Å²) in [7, 11) is 4.07. The Hall–Kier alpha value is -3.45. The van der Waals surface area contributed by atoms with Gasteiger partial charge in [0.05, 0.1) is 17.6 Å². The molecule has 7 heteroatoms. The van der Waals surface area contributed by atoms with E-state index in [0.29, 0.717) is 24.0 Å². The molecule has 7 nitrogen and oxygen atoms in total. The molecule has 0 aliphatic heterocycles. The van der Waals surface area contributed by atoms with Crippen molar-refractivity contribution in [3.63, 3.8) is 0 Å². The zero-order valence-electron chi connectivity index (χ0n) is 16.7. The number of hydrogen-bond donors (Lipinski definition) is 2. The summed E-state index contributed by atoms with van der Waals surface area (Å²) in [6.07, 6.45) is 0. The number of nitrogen functional groups attached to an aromatic ring is 1. The highest BCUT2D eigenvalue weighted by molar-refractivity contribution is 5.98. The number of nitrogens with two attached hydrogens (primary N) is 1. The molecule has 0 fully saturated rings. The van der Waals surface area contributed by atoms with Gasteiger partial charge in [-0.1, -0.05) is 60.7 Å². The Morgan fingerprint density at radius 3 is 2.34 bits per heavy atom. The fourth-order valence-electron chi connectivity index (χ4n) is 3.21. The van der Waals surface area contributed by atoms with E-state index < -0.39 is 0 Å². The number of anilines is 2. The lowest BCUT2D eigenvalue weighted by Gasteiger charge is -2.11. The summed E-state index contributed by atoms with van der Waals surface area (Å²) in [6, 6.07) is 20.2. The first-order valence-corrected chi connectivity index (χ1v) is 9.64. The number of aromatic nitrogens is 4. The van der Waals surface area contributed by atoms with Gasteiger partial charge in [0.15, 0.2) is 5.65 Å². The van der Waals surface area contributed by atoms with E-state index >= 15 is 0 Å². The summed E-state index contributed by atoms with van der Waals surface area (Å²) < 4.78 is 1.80. The van der Waals surface area contributed by atoms with Crippen molar-refractivity contribution in [3.8, 4) is 11.3 Å². The Bertz CT molecular complexity index is 1090. The molecule has 2 heterocycles. The average Bonchev–Trinajstić information content (AvgIpc) is 3.04. The second-order valence-corrected chi connectivity index (χ2v) is 7.22. The lowest BCUT2D eigenvalue weighted by Crippen LogP contribution is -2.21. The third-order valence-corrected chi connectivity index (χ3v) is 4.70. The van der Waals surface area contributed by atoms with Gasteiger partial charge in [-0.15, -0.1) is 5.10 Å². The predicted molar refractivity (Wildman–Crippen MR) is 118 cm³/mol. The van der Waals surface area contributed by atoms with Crippen molar-refractivity contribution < 1.29 is 0 Å². The molecule has 0 amide bonds. The maximum atomic E-state index is 6.51. The van der Waals surface area contributed by atoms with Gasteiger partial charge >= 0.3 is 0 Å². The van der Waals surface area contributed by atoms with Crippen LogP contribution in [0.25, 0.3) is 22.3 Å². The highest BCUT2D eigenvalue weighted by Crippen LogP contribution is 2.31. The molecule has 0 saturated heterocycles. The van der Waals surface area contributed by atoms with Gasteiger partial charge in [0.2, 0.25) is 5.95 Å². The zero-order chi connectivity index (χ0) is 20.2. The summed E-state index contributed by atoms with van der Waals surface area (Å²) in [5.41, 5.74) is 10.0. The molecule has 0 saturated carbocycles. The van der Waals surface area contributed by atoms with Crippen molar-refractivity contribution in [1.82, 2.24) is 24.6 Å². The summed E-state index contributed by atoms with van der Waals surface area (Å²) >= 11 is 0. The van der Waals surface area contributed by atoms with Crippen molar-refractivity contribution in [2.75, 3.05) is 38.2 Å². The van der Waals surface area contributed by atoms with Gasteiger partial charge in [-0.25, -0.2) is 9.67 Å². The number of fused-ring (bicyclic) bond motifs is 1. The molecule has 0 radical (unpaired) electrons. The summed E-state index contributed by atoms with van der Waals surface area (Å²) in [4.78, 5) is 11.5. The van der Waals surface area contributed by atoms with Crippen LogP contribution in [0.3, 0.4) is 0 Å². The minimum atomic E-state index is 0.558. The maximum absolute atomic E-state index is 6.51. The number of nitrogens with one attached hydrogen (secondary N) is 1. The van der Waals surface area contributed by atoms with Crippen LogP contribution in [0.2, 0.25) is 0 Å². The summed E-state index contributed by atoms with van der Waals surface area (Å²) in [5.74, 6) is 1.13. The van der Waals surface area contributed by atoms with Crippen molar-refractivity contribution in [2.24, 2.45) is 0 Å². The molecule has 2 aromatic heterocycles. The SMILES string of the molecule is CN(C)CCNc1nc(-c2ccccc2)c2c(N)n(Cc3ccccc3)nc2n1. The van der Waals surface area contributed by atoms with Crippen LogP contribution in [-0.2, 0) is 6.54 Å². The van der Waals surface area contributed by atoms with Crippen LogP contribution in [0.5, 0.6) is 0 Å². The van der Waals surface area contributed by atoms with E-state index in [1.165, 1.54) is 0 Å². The Labute approximate surface area is 170 Å². The summed E-state index contributed by atoms with van der Waals surface area (Å²) in [6.45, 7) is 2.21. The van der Waals surface area contributed by atoms with E-state index in [0.717, 1.165) is 35.3 Å². The van der Waals surface area contributed by atoms with E-state index in [2.05, 4.69) is 32.4 Å². The number of hydrogen-bond acceptors (Lipinski definition) is 6. The molecule has 2 aromatic carbocycles. The monoisotopic (exact) mass is 387 g/mol. The number of nitrogens with zero attached hydrogens (tertiary/aromatic N) is 5. The van der Waals surface area contributed by atoms with Crippen molar-refractivity contribution in [1.29, 1.82) is 0 Å². The van der Waals surface area contributed by atoms with Crippen molar-refractivity contribution in [3.05, 3.63) is 66.2 Å². The minimum absolute atomic E-state index is 0.558. The molecule has 0 unspecified atom stereocenters. The number of benzene rings is 2. The Kier molecular flexibility index (Phi) is 5.39. The highest BCUT2D eigenvalue weighted by atomic mass is 15.3. The number of likely N-dealkylation sites (N-methyl/N-ethyl adjacent to an activating group) is 1. The standard InChI is InChI=1S/C22H25N7/c1-28(2)14-13-24-22-25-19(17-11-7-4-8-12-17)18-20(23)29(27-21(18)26-22)15-16-9-5-3-6-10-16/h3-12H,13-15,23H2,1-2H3,(H,24,26,27). The average molecular weight is 387 g/mol. The second-order valence-electron chi connectivity index (χ2n) is 7.22. The van der Waals surface area contributed by atoms with Crippen LogP contribution in [0.4, 0.5) is 11.8 Å². The molecular formula is C22H25N7. The van der Waals surface area contributed by atoms with E-state index in [1.807, 2.05) is 62.6 Å². The van der Waals surface area contributed by atoms with Crippen LogP contribution in [0.1, 0.15) is 5.56 Å². The molecule has 148 valence electrons. The lowest BCUT2D eigenvalue weighted by molar-refractivity contribution is 0.425. The molecule has 0 atom stereocenters. The molecule has 29 heavy (non-hydrogen) atoms. The smallest absolute Gasteiger partial charge is 0.225 e. The van der Waals surface area contributed by atoms with E-state index in [9.17, 15) is 0 Å². The second kappa shape index (κ2) is 8.28. The van der Waals surface area contributed by atoms with Gasteiger partial charge in [0.1, 0.15) is 5.82 Å². The fourth-order valence-corrected chi connectivity index (χ4v) is 3.21. The molecule has 0 aliphatic carbocycles. The maximum Gasteiger partial charge on any atom is 0.225 e. The minimum Gasteiger partial charge on any atom is -0.383 e. The van der Waals surface area contributed by atoms with Gasteiger partial charge in [-0.2, -0.15) is 4.98 Å². The van der Waals surface area contributed by atoms with Gasteiger partial charge in [-0.05, 0) is 19.7 Å². The van der Waals surface area contributed by atoms with Gasteiger partial charge < -0.3 is 16.0 Å². The third-order valence-electron chi connectivity index (χ3n) is 4.70. The predicted octanol–water partition coefficient (Wildman–Crippen LogP) is 3.10. The van der Waals surface area contributed by atoms with Crippen LogP contribution < -0.4 is 11.1 Å². The topological polar surface area (TPSA) is 84.9 Å². The molecule has 4 rings (SSSR count). The van der Waals surface area contributed by atoms with Crippen LogP contribution in [-0.4, -0.2) is 51.8 Å².